The van der Waals surface area contributed by atoms with E-state index in [0.29, 0.717) is 10.7 Å². The molecule has 94 valence electrons. The van der Waals surface area contributed by atoms with Gasteiger partial charge in [-0.3, -0.25) is 4.98 Å². The minimum absolute atomic E-state index is 0.151. The molecule has 0 saturated heterocycles. The van der Waals surface area contributed by atoms with Crippen molar-refractivity contribution in [1.29, 1.82) is 0 Å². The van der Waals surface area contributed by atoms with Crippen LogP contribution in [0.2, 0.25) is 5.02 Å². The molecule has 0 aliphatic rings. The fraction of sp³-hybridized carbons (Fsp3) is 0.182. The van der Waals surface area contributed by atoms with Crippen molar-refractivity contribution in [3.63, 3.8) is 0 Å². The van der Waals surface area contributed by atoms with Crippen LogP contribution in [0.15, 0.2) is 29.1 Å². The molecule has 0 bridgehead atoms. The molecule has 6 nitrogen and oxygen atoms in total. The van der Waals surface area contributed by atoms with Crippen molar-refractivity contribution in [3.8, 4) is 5.69 Å². The van der Waals surface area contributed by atoms with Gasteiger partial charge >= 0.3 is 11.7 Å². The van der Waals surface area contributed by atoms with Gasteiger partial charge in [0.1, 0.15) is 0 Å². The molecule has 0 saturated carbocycles. The van der Waals surface area contributed by atoms with Crippen LogP contribution in [0.5, 0.6) is 0 Å². The highest BCUT2D eigenvalue weighted by Crippen LogP contribution is 2.17. The number of halogens is 1. The molecule has 0 amide bonds. The number of esters is 1. The van der Waals surface area contributed by atoms with Gasteiger partial charge in [-0.15, -0.1) is 5.10 Å². The zero-order valence-electron chi connectivity index (χ0n) is 9.51. The quantitative estimate of drug-likeness (QED) is 0.853. The molecule has 1 aromatic carbocycles. The summed E-state index contributed by atoms with van der Waals surface area (Å²) >= 11 is 5.95. The van der Waals surface area contributed by atoms with Crippen molar-refractivity contribution < 1.29 is 9.53 Å². The van der Waals surface area contributed by atoms with Crippen LogP contribution in [-0.4, -0.2) is 27.3 Å². The standard InChI is InChI=1S/C11H10ClN3O3/c1-2-18-10(16)9-13-11(17)15(14-9)8-6-4-3-5-7(8)12/h3-6H,2H2,1H3,(H,13,14,17). The lowest BCUT2D eigenvalue weighted by Gasteiger charge is -2.01. The summed E-state index contributed by atoms with van der Waals surface area (Å²) in [6.07, 6.45) is 0. The molecular formula is C11H10ClN3O3. The second kappa shape index (κ2) is 5.05. The topological polar surface area (TPSA) is 77.0 Å². The molecule has 0 radical (unpaired) electrons. The average Bonchev–Trinajstić information content (AvgIpc) is 2.72. The first-order valence-corrected chi connectivity index (χ1v) is 5.62. The fourth-order valence-corrected chi connectivity index (χ4v) is 1.62. The number of aromatic nitrogens is 3. The summed E-state index contributed by atoms with van der Waals surface area (Å²) in [5.74, 6) is -0.831. The number of hydrogen-bond acceptors (Lipinski definition) is 4. The summed E-state index contributed by atoms with van der Waals surface area (Å²) in [6, 6.07) is 6.70. The maximum atomic E-state index is 11.7. The second-order valence-electron chi connectivity index (χ2n) is 3.36. The number of nitrogens with zero attached hydrogens (tertiary/aromatic N) is 2. The van der Waals surface area contributed by atoms with E-state index in [1.165, 1.54) is 0 Å². The van der Waals surface area contributed by atoms with Crippen LogP contribution >= 0.6 is 11.6 Å². The van der Waals surface area contributed by atoms with Crippen LogP contribution < -0.4 is 5.69 Å². The Bertz CT molecular complexity index is 632. The van der Waals surface area contributed by atoms with Crippen LogP contribution in [0.1, 0.15) is 17.5 Å². The number of ether oxygens (including phenoxy) is 1. The van der Waals surface area contributed by atoms with Crippen molar-refractivity contribution >= 4 is 17.6 Å². The molecule has 0 atom stereocenters. The summed E-state index contributed by atoms with van der Waals surface area (Å²) < 4.78 is 5.77. The van der Waals surface area contributed by atoms with E-state index < -0.39 is 11.7 Å². The molecule has 0 unspecified atom stereocenters. The van der Waals surface area contributed by atoms with Crippen LogP contribution in [0, 0.1) is 0 Å². The lowest BCUT2D eigenvalue weighted by atomic mass is 10.3. The normalized spacial score (nSPS) is 10.3. The third kappa shape index (κ3) is 2.28. The van der Waals surface area contributed by atoms with Gasteiger partial charge in [-0.2, -0.15) is 4.68 Å². The van der Waals surface area contributed by atoms with E-state index in [4.69, 9.17) is 16.3 Å². The minimum Gasteiger partial charge on any atom is -0.460 e. The van der Waals surface area contributed by atoms with Gasteiger partial charge in [0.2, 0.25) is 5.82 Å². The monoisotopic (exact) mass is 267 g/mol. The fourth-order valence-electron chi connectivity index (χ4n) is 1.40. The number of H-pyrrole nitrogens is 1. The summed E-state index contributed by atoms with van der Waals surface area (Å²) in [6.45, 7) is 1.88. The zero-order valence-corrected chi connectivity index (χ0v) is 10.3. The van der Waals surface area contributed by atoms with Gasteiger partial charge in [0, 0.05) is 0 Å². The summed E-state index contributed by atoms with van der Waals surface area (Å²) in [4.78, 5) is 25.4. The van der Waals surface area contributed by atoms with Crippen molar-refractivity contribution in [2.24, 2.45) is 0 Å². The largest absolute Gasteiger partial charge is 0.460 e. The van der Waals surface area contributed by atoms with Crippen LogP contribution in [0.4, 0.5) is 0 Å². The first kappa shape index (κ1) is 12.4. The molecule has 7 heteroatoms. The van der Waals surface area contributed by atoms with Crippen molar-refractivity contribution in [3.05, 3.63) is 45.6 Å². The van der Waals surface area contributed by atoms with Crippen molar-refractivity contribution in [2.75, 3.05) is 6.61 Å². The highest BCUT2D eigenvalue weighted by atomic mass is 35.5. The number of aromatic amines is 1. The van der Waals surface area contributed by atoms with Crippen molar-refractivity contribution in [1.82, 2.24) is 14.8 Å². The first-order chi connectivity index (χ1) is 8.63. The Labute approximate surface area is 107 Å². The Morgan fingerprint density at radius 3 is 2.89 bits per heavy atom. The van der Waals surface area contributed by atoms with E-state index in [1.54, 1.807) is 31.2 Å². The maximum Gasteiger partial charge on any atom is 0.376 e. The minimum atomic E-state index is -0.680. The number of rotatable bonds is 3. The predicted octanol–water partition coefficient (Wildman–Crippen LogP) is 1.39. The molecule has 1 heterocycles. The lowest BCUT2D eigenvalue weighted by Crippen LogP contribution is -2.16. The Morgan fingerprint density at radius 1 is 1.50 bits per heavy atom. The van der Waals surface area contributed by atoms with E-state index in [0.717, 1.165) is 4.68 Å². The molecule has 0 aliphatic carbocycles. The van der Waals surface area contributed by atoms with Crippen molar-refractivity contribution in [2.45, 2.75) is 6.92 Å². The Kier molecular flexibility index (Phi) is 3.47. The third-order valence-corrected chi connectivity index (χ3v) is 2.49. The molecule has 1 N–H and O–H groups in total. The first-order valence-electron chi connectivity index (χ1n) is 5.25. The molecule has 0 spiro atoms. The number of carbonyl (C=O) groups is 1. The second-order valence-corrected chi connectivity index (χ2v) is 3.77. The van der Waals surface area contributed by atoms with E-state index in [-0.39, 0.29) is 12.4 Å². The Hall–Kier alpha value is -2.08. The van der Waals surface area contributed by atoms with Crippen LogP contribution in [-0.2, 0) is 4.74 Å². The SMILES string of the molecule is CCOC(=O)c1nn(-c2ccccc2Cl)c(=O)[nH]1. The number of benzene rings is 1. The van der Waals surface area contributed by atoms with E-state index in [9.17, 15) is 9.59 Å². The maximum absolute atomic E-state index is 11.7. The Balaban J connectivity index is 2.45. The summed E-state index contributed by atoms with van der Waals surface area (Å²) in [5.41, 5.74) is -0.151. The number of hydrogen-bond donors (Lipinski definition) is 1. The van der Waals surface area contributed by atoms with Gasteiger partial charge in [-0.25, -0.2) is 9.59 Å². The number of para-hydroxylation sites is 1. The van der Waals surface area contributed by atoms with Crippen LogP contribution in [0.3, 0.4) is 0 Å². The Morgan fingerprint density at radius 2 is 2.22 bits per heavy atom. The highest BCUT2D eigenvalue weighted by molar-refractivity contribution is 6.32. The van der Waals surface area contributed by atoms with Gasteiger partial charge in [0.25, 0.3) is 0 Å². The highest BCUT2D eigenvalue weighted by Gasteiger charge is 2.16. The van der Waals surface area contributed by atoms with Gasteiger partial charge in [-0.1, -0.05) is 23.7 Å². The van der Waals surface area contributed by atoms with Gasteiger partial charge in [0.05, 0.1) is 17.3 Å². The van der Waals surface area contributed by atoms with E-state index in [2.05, 4.69) is 10.1 Å². The lowest BCUT2D eigenvalue weighted by molar-refractivity contribution is 0.0512. The number of carbonyl (C=O) groups excluding carboxylic acids is 1. The van der Waals surface area contributed by atoms with E-state index >= 15 is 0 Å². The van der Waals surface area contributed by atoms with Gasteiger partial charge in [0.15, 0.2) is 0 Å². The summed E-state index contributed by atoms with van der Waals surface area (Å²) in [7, 11) is 0. The number of nitrogens with one attached hydrogen (secondary N) is 1. The third-order valence-electron chi connectivity index (χ3n) is 2.17. The van der Waals surface area contributed by atoms with E-state index in [1.807, 2.05) is 0 Å². The van der Waals surface area contributed by atoms with Gasteiger partial charge in [-0.05, 0) is 19.1 Å². The smallest absolute Gasteiger partial charge is 0.376 e. The molecule has 2 aromatic rings. The predicted molar refractivity (Wildman–Crippen MR) is 65.2 cm³/mol. The molecule has 2 rings (SSSR count). The molecular weight excluding hydrogens is 258 g/mol. The zero-order chi connectivity index (χ0) is 13.1. The summed E-state index contributed by atoms with van der Waals surface area (Å²) in [5, 5.41) is 4.21. The molecule has 1 aromatic heterocycles. The van der Waals surface area contributed by atoms with Crippen LogP contribution in [0.25, 0.3) is 5.69 Å². The average molecular weight is 268 g/mol. The molecule has 0 aliphatic heterocycles. The molecule has 0 fully saturated rings. The molecule has 18 heavy (non-hydrogen) atoms. The van der Waals surface area contributed by atoms with Gasteiger partial charge < -0.3 is 4.74 Å².